The van der Waals surface area contributed by atoms with Gasteiger partial charge in [0.2, 0.25) is 5.88 Å². The molecule has 0 radical (unpaired) electrons. The Morgan fingerprint density at radius 1 is 1.17 bits per heavy atom. The molecular weight excluding hydrogens is 316 g/mol. The molecule has 1 amide bonds. The normalized spacial score (nSPS) is 10.3. The highest BCUT2D eigenvalue weighted by atomic mass is 35.5. The molecule has 0 unspecified atom stereocenters. The van der Waals surface area contributed by atoms with Gasteiger partial charge in [0.05, 0.1) is 17.7 Å². The van der Waals surface area contributed by atoms with Crippen LogP contribution < -0.4 is 10.1 Å². The molecule has 0 aliphatic carbocycles. The molecule has 0 atom stereocenters. The Bertz CT molecular complexity index is 828. The molecule has 6 heteroatoms. The van der Waals surface area contributed by atoms with Crippen molar-refractivity contribution in [2.45, 2.75) is 0 Å². The van der Waals surface area contributed by atoms with E-state index in [1.54, 1.807) is 37.4 Å². The van der Waals surface area contributed by atoms with Crippen LogP contribution in [-0.4, -0.2) is 18.2 Å². The Kier molecular flexibility index (Phi) is 4.30. The first kappa shape index (κ1) is 15.1. The number of halogens is 1. The fourth-order valence-corrected chi connectivity index (χ4v) is 2.28. The average Bonchev–Trinajstić information content (AvgIpc) is 3.03. The summed E-state index contributed by atoms with van der Waals surface area (Å²) in [5, 5.41) is 6.96. The molecule has 0 saturated carbocycles. The third kappa shape index (κ3) is 3.35. The molecule has 5 nitrogen and oxygen atoms in total. The van der Waals surface area contributed by atoms with Crippen molar-refractivity contribution in [2.24, 2.45) is 0 Å². The summed E-state index contributed by atoms with van der Waals surface area (Å²) in [6, 6.07) is 15.8. The minimum atomic E-state index is -0.354. The summed E-state index contributed by atoms with van der Waals surface area (Å²) in [7, 11) is 1.60. The fourth-order valence-electron chi connectivity index (χ4n) is 2.06. The van der Waals surface area contributed by atoms with Crippen LogP contribution in [0, 0.1) is 0 Å². The summed E-state index contributed by atoms with van der Waals surface area (Å²) >= 11 is 6.00. The molecular formula is C17H13ClN2O3. The number of nitrogens with zero attached hydrogens (tertiary/aromatic N) is 1. The molecule has 0 saturated heterocycles. The lowest BCUT2D eigenvalue weighted by atomic mass is 10.1. The largest absolute Gasteiger partial charge is 0.497 e. The number of carbonyl (C=O) groups excluding carboxylic acids is 1. The third-order valence-electron chi connectivity index (χ3n) is 3.25. The van der Waals surface area contributed by atoms with Crippen molar-refractivity contribution in [1.29, 1.82) is 0 Å². The number of carbonyl (C=O) groups is 1. The van der Waals surface area contributed by atoms with E-state index < -0.39 is 0 Å². The van der Waals surface area contributed by atoms with Gasteiger partial charge in [0, 0.05) is 11.6 Å². The molecule has 2 aromatic carbocycles. The van der Waals surface area contributed by atoms with Crippen LogP contribution in [0.3, 0.4) is 0 Å². The van der Waals surface area contributed by atoms with Crippen LogP contribution in [0.1, 0.15) is 10.4 Å². The van der Waals surface area contributed by atoms with Crippen LogP contribution in [0.15, 0.2) is 59.1 Å². The number of ether oxygens (including phenoxy) is 1. The van der Waals surface area contributed by atoms with Crippen molar-refractivity contribution in [3.63, 3.8) is 0 Å². The summed E-state index contributed by atoms with van der Waals surface area (Å²) < 4.78 is 10.3. The number of methoxy groups -OCH3 is 1. The smallest absolute Gasteiger partial charge is 0.259 e. The van der Waals surface area contributed by atoms with E-state index in [4.69, 9.17) is 20.9 Å². The second kappa shape index (κ2) is 6.54. The lowest BCUT2D eigenvalue weighted by Gasteiger charge is -2.02. The molecule has 23 heavy (non-hydrogen) atoms. The van der Waals surface area contributed by atoms with Crippen molar-refractivity contribution in [2.75, 3.05) is 12.4 Å². The Hall–Kier alpha value is -2.79. The highest BCUT2D eigenvalue weighted by molar-refractivity contribution is 6.34. The number of hydrogen-bond acceptors (Lipinski definition) is 4. The van der Waals surface area contributed by atoms with Crippen molar-refractivity contribution in [1.82, 2.24) is 5.16 Å². The van der Waals surface area contributed by atoms with Gasteiger partial charge in [-0.1, -0.05) is 28.9 Å². The van der Waals surface area contributed by atoms with E-state index in [2.05, 4.69) is 10.5 Å². The Labute approximate surface area is 137 Å². The second-order valence-corrected chi connectivity index (χ2v) is 5.15. The first-order valence-electron chi connectivity index (χ1n) is 6.84. The minimum Gasteiger partial charge on any atom is -0.497 e. The van der Waals surface area contributed by atoms with Crippen molar-refractivity contribution in [3.8, 4) is 17.0 Å². The van der Waals surface area contributed by atoms with E-state index in [9.17, 15) is 4.79 Å². The summed E-state index contributed by atoms with van der Waals surface area (Å²) in [4.78, 5) is 12.2. The zero-order chi connectivity index (χ0) is 16.2. The zero-order valence-electron chi connectivity index (χ0n) is 12.2. The molecule has 1 heterocycles. The Morgan fingerprint density at radius 2 is 1.91 bits per heavy atom. The number of anilines is 1. The van der Waals surface area contributed by atoms with Crippen molar-refractivity contribution < 1.29 is 14.1 Å². The van der Waals surface area contributed by atoms with E-state index in [1.807, 2.05) is 24.3 Å². The number of hydrogen-bond donors (Lipinski definition) is 1. The number of amides is 1. The fraction of sp³-hybridized carbons (Fsp3) is 0.0588. The Morgan fingerprint density at radius 3 is 2.61 bits per heavy atom. The van der Waals surface area contributed by atoms with Crippen molar-refractivity contribution in [3.05, 3.63) is 65.2 Å². The SMILES string of the molecule is COc1ccc(-c2cc(NC(=O)c3ccccc3Cl)on2)cc1. The van der Waals surface area contributed by atoms with Gasteiger partial charge in [-0.2, -0.15) is 0 Å². The van der Waals surface area contributed by atoms with Crippen LogP contribution >= 0.6 is 11.6 Å². The molecule has 1 N–H and O–H groups in total. The first-order chi connectivity index (χ1) is 11.2. The number of aromatic nitrogens is 1. The molecule has 0 fully saturated rings. The molecule has 0 spiro atoms. The van der Waals surface area contributed by atoms with Gasteiger partial charge in [0.25, 0.3) is 5.91 Å². The Balaban J connectivity index is 1.76. The van der Waals surface area contributed by atoms with Crippen LogP contribution in [0.5, 0.6) is 5.75 Å². The van der Waals surface area contributed by atoms with E-state index >= 15 is 0 Å². The minimum absolute atomic E-state index is 0.251. The lowest BCUT2D eigenvalue weighted by molar-refractivity contribution is 0.102. The van der Waals surface area contributed by atoms with Gasteiger partial charge in [0.1, 0.15) is 11.4 Å². The first-order valence-corrected chi connectivity index (χ1v) is 7.22. The molecule has 1 aromatic heterocycles. The van der Waals surface area contributed by atoms with E-state index in [1.165, 1.54) is 0 Å². The van der Waals surface area contributed by atoms with Crippen LogP contribution in [0.25, 0.3) is 11.3 Å². The van der Waals surface area contributed by atoms with E-state index in [0.717, 1.165) is 11.3 Å². The summed E-state index contributed by atoms with van der Waals surface area (Å²) in [6.45, 7) is 0. The summed E-state index contributed by atoms with van der Waals surface area (Å²) in [5.41, 5.74) is 1.84. The van der Waals surface area contributed by atoms with Crippen molar-refractivity contribution >= 4 is 23.4 Å². The molecule has 0 bridgehead atoms. The lowest BCUT2D eigenvalue weighted by Crippen LogP contribution is -2.11. The van der Waals surface area contributed by atoms with Gasteiger partial charge in [-0.25, -0.2) is 0 Å². The molecule has 116 valence electrons. The molecule has 0 aliphatic heterocycles. The predicted octanol–water partition coefficient (Wildman–Crippen LogP) is 4.26. The van der Waals surface area contributed by atoms with E-state index in [-0.39, 0.29) is 11.8 Å². The maximum absolute atomic E-state index is 12.2. The van der Waals surface area contributed by atoms with Crippen LogP contribution in [0.2, 0.25) is 5.02 Å². The van der Waals surface area contributed by atoms with Gasteiger partial charge in [-0.3, -0.25) is 10.1 Å². The topological polar surface area (TPSA) is 64.4 Å². The third-order valence-corrected chi connectivity index (χ3v) is 3.58. The van der Waals surface area contributed by atoms with Crippen LogP contribution in [-0.2, 0) is 0 Å². The maximum atomic E-state index is 12.2. The summed E-state index contributed by atoms with van der Waals surface area (Å²) in [6.07, 6.45) is 0. The summed E-state index contributed by atoms with van der Waals surface area (Å²) in [5.74, 6) is 0.651. The molecule has 0 aliphatic rings. The highest BCUT2D eigenvalue weighted by Gasteiger charge is 2.13. The number of rotatable bonds is 4. The monoisotopic (exact) mass is 328 g/mol. The van der Waals surface area contributed by atoms with Crippen LogP contribution in [0.4, 0.5) is 5.88 Å². The van der Waals surface area contributed by atoms with Gasteiger partial charge < -0.3 is 9.26 Å². The molecule has 3 rings (SSSR count). The quantitative estimate of drug-likeness (QED) is 0.777. The number of nitrogens with one attached hydrogen (secondary N) is 1. The van der Waals surface area contributed by atoms with E-state index in [0.29, 0.717) is 16.3 Å². The highest BCUT2D eigenvalue weighted by Crippen LogP contribution is 2.24. The predicted molar refractivity (Wildman–Crippen MR) is 87.9 cm³/mol. The standard InChI is InChI=1S/C17H13ClN2O3/c1-22-12-8-6-11(7-9-12)15-10-16(23-20-15)19-17(21)13-4-2-3-5-14(13)18/h2-10H,1H3,(H,19,21). The van der Waals surface area contributed by atoms with Gasteiger partial charge in [0.15, 0.2) is 0 Å². The van der Waals surface area contributed by atoms with Gasteiger partial charge in [-0.05, 0) is 36.4 Å². The number of benzene rings is 2. The average molecular weight is 329 g/mol. The molecule has 3 aromatic rings. The maximum Gasteiger partial charge on any atom is 0.259 e. The zero-order valence-corrected chi connectivity index (χ0v) is 13.0. The van der Waals surface area contributed by atoms with Gasteiger partial charge in [-0.15, -0.1) is 0 Å². The van der Waals surface area contributed by atoms with Gasteiger partial charge >= 0.3 is 0 Å². The second-order valence-electron chi connectivity index (χ2n) is 4.74.